The van der Waals surface area contributed by atoms with Crippen molar-refractivity contribution in [3.8, 4) is 0 Å². The van der Waals surface area contributed by atoms with Gasteiger partial charge in [-0.3, -0.25) is 4.79 Å². The Morgan fingerprint density at radius 2 is 1.84 bits per heavy atom. The summed E-state index contributed by atoms with van der Waals surface area (Å²) in [7, 11) is 4.17. The van der Waals surface area contributed by atoms with Crippen LogP contribution in [0.25, 0.3) is 11.0 Å². The third-order valence-electron chi connectivity index (χ3n) is 4.22. The zero-order chi connectivity index (χ0) is 18.0. The Morgan fingerprint density at radius 3 is 2.52 bits per heavy atom. The zero-order valence-corrected chi connectivity index (χ0v) is 14.7. The molecule has 1 heterocycles. The largest absolute Gasteiger partial charge is 0.448 e. The van der Waals surface area contributed by atoms with Gasteiger partial charge in [0.15, 0.2) is 17.2 Å². The van der Waals surface area contributed by atoms with Crippen LogP contribution in [0.15, 0.2) is 46.9 Å². The quantitative estimate of drug-likeness (QED) is 0.749. The van der Waals surface area contributed by atoms with Crippen LogP contribution in [-0.4, -0.2) is 20.0 Å². The van der Waals surface area contributed by atoms with Gasteiger partial charge in [-0.1, -0.05) is 36.4 Å². The van der Waals surface area contributed by atoms with Crippen molar-refractivity contribution in [2.24, 2.45) is 0 Å². The van der Waals surface area contributed by atoms with Crippen LogP contribution in [-0.2, 0) is 13.1 Å². The van der Waals surface area contributed by atoms with Gasteiger partial charge in [0.2, 0.25) is 0 Å². The zero-order valence-electron chi connectivity index (χ0n) is 14.7. The number of fused-ring (bicyclic) bond motifs is 1. The molecule has 0 aliphatic rings. The molecule has 0 bridgehead atoms. The molecule has 0 unspecified atom stereocenters. The highest BCUT2D eigenvalue weighted by Gasteiger charge is 2.19. The van der Waals surface area contributed by atoms with Gasteiger partial charge >= 0.3 is 0 Å². The van der Waals surface area contributed by atoms with Crippen LogP contribution in [0.1, 0.15) is 27.2 Å². The van der Waals surface area contributed by atoms with E-state index in [1.54, 1.807) is 19.1 Å². The summed E-state index contributed by atoms with van der Waals surface area (Å²) in [5, 5.41) is 3.51. The van der Waals surface area contributed by atoms with Gasteiger partial charge in [-0.25, -0.2) is 4.39 Å². The number of amides is 1. The molecule has 3 aromatic rings. The monoisotopic (exact) mass is 341 g/mol. The molecule has 0 saturated carbocycles. The highest BCUT2D eigenvalue weighted by Crippen LogP contribution is 2.27. The standard InChI is InChI=1S/C20H21FN2O2/c1-13-16-9-6-10-17(21)19(16)25-18(13)20(24)22-11-14-7-4-5-8-15(14)12-23(2)3/h4-10H,11-12H2,1-3H3,(H,22,24)/p+1. The van der Waals surface area contributed by atoms with E-state index in [0.29, 0.717) is 17.5 Å². The Balaban J connectivity index is 1.80. The summed E-state index contributed by atoms with van der Waals surface area (Å²) in [6.07, 6.45) is 0. The fourth-order valence-electron chi connectivity index (χ4n) is 2.96. The molecule has 0 atom stereocenters. The first kappa shape index (κ1) is 17.2. The van der Waals surface area contributed by atoms with Gasteiger partial charge in [-0.15, -0.1) is 0 Å². The summed E-state index contributed by atoms with van der Waals surface area (Å²) in [5.74, 6) is -0.630. The van der Waals surface area contributed by atoms with Gasteiger partial charge in [0.05, 0.1) is 14.1 Å². The Bertz CT molecular complexity index is 915. The van der Waals surface area contributed by atoms with Crippen molar-refractivity contribution in [2.45, 2.75) is 20.0 Å². The first-order valence-corrected chi connectivity index (χ1v) is 8.29. The molecule has 4 nitrogen and oxygen atoms in total. The van der Waals surface area contributed by atoms with Crippen LogP contribution in [0.4, 0.5) is 4.39 Å². The molecule has 0 radical (unpaired) electrons. The fraction of sp³-hybridized carbons (Fsp3) is 0.250. The maximum absolute atomic E-state index is 13.8. The molecule has 0 saturated heterocycles. The normalized spacial score (nSPS) is 11.2. The third kappa shape index (κ3) is 3.56. The summed E-state index contributed by atoms with van der Waals surface area (Å²) in [5.41, 5.74) is 3.03. The summed E-state index contributed by atoms with van der Waals surface area (Å²) in [6.45, 7) is 3.05. The summed E-state index contributed by atoms with van der Waals surface area (Å²) >= 11 is 0. The molecule has 25 heavy (non-hydrogen) atoms. The first-order chi connectivity index (χ1) is 12.0. The number of hydrogen-bond donors (Lipinski definition) is 2. The van der Waals surface area contributed by atoms with Gasteiger partial charge in [0.25, 0.3) is 5.91 Å². The van der Waals surface area contributed by atoms with Gasteiger partial charge in [-0.2, -0.15) is 0 Å². The molecule has 5 heteroatoms. The maximum atomic E-state index is 13.8. The highest BCUT2D eigenvalue weighted by atomic mass is 19.1. The lowest BCUT2D eigenvalue weighted by molar-refractivity contribution is -0.872. The van der Waals surface area contributed by atoms with Crippen molar-refractivity contribution in [3.05, 3.63) is 70.7 Å². The number of carbonyl (C=O) groups excluding carboxylic acids is 1. The second-order valence-electron chi connectivity index (χ2n) is 6.51. The predicted octanol–water partition coefficient (Wildman–Crippen LogP) is 2.45. The van der Waals surface area contributed by atoms with Crippen LogP contribution in [0, 0.1) is 12.7 Å². The van der Waals surface area contributed by atoms with Crippen LogP contribution in [0.2, 0.25) is 0 Å². The number of halogens is 1. The number of benzene rings is 2. The molecular weight excluding hydrogens is 319 g/mol. The predicted molar refractivity (Wildman–Crippen MR) is 95.0 cm³/mol. The number of carbonyl (C=O) groups is 1. The number of aryl methyl sites for hydroxylation is 1. The lowest BCUT2D eigenvalue weighted by atomic mass is 10.1. The number of quaternary nitrogens is 1. The molecule has 1 amide bonds. The number of para-hydroxylation sites is 1. The topological polar surface area (TPSA) is 46.7 Å². The second kappa shape index (κ2) is 7.07. The van der Waals surface area contributed by atoms with Gasteiger partial charge in [0, 0.05) is 23.1 Å². The molecule has 3 rings (SSSR count). The molecule has 0 aliphatic heterocycles. The molecular formula is C20H22FN2O2+. The number of furan rings is 1. The van der Waals surface area contributed by atoms with Gasteiger partial charge < -0.3 is 14.6 Å². The Hall–Kier alpha value is -2.66. The lowest BCUT2D eigenvalue weighted by Gasteiger charge is -2.12. The van der Waals surface area contributed by atoms with Crippen molar-refractivity contribution < 1.29 is 18.5 Å². The summed E-state index contributed by atoms with van der Waals surface area (Å²) in [4.78, 5) is 13.8. The molecule has 1 aromatic heterocycles. The lowest BCUT2D eigenvalue weighted by Crippen LogP contribution is -3.04. The van der Waals surface area contributed by atoms with E-state index in [1.165, 1.54) is 16.5 Å². The Labute approximate surface area is 146 Å². The second-order valence-corrected chi connectivity index (χ2v) is 6.51. The Kier molecular flexibility index (Phi) is 4.86. The van der Waals surface area contributed by atoms with Crippen molar-refractivity contribution in [1.82, 2.24) is 5.32 Å². The minimum absolute atomic E-state index is 0.127. The van der Waals surface area contributed by atoms with E-state index in [0.717, 1.165) is 12.1 Å². The summed E-state index contributed by atoms with van der Waals surface area (Å²) in [6, 6.07) is 12.7. The third-order valence-corrected chi connectivity index (χ3v) is 4.22. The SMILES string of the molecule is Cc1c(C(=O)NCc2ccccc2C[NH+](C)C)oc2c(F)cccc12. The molecule has 130 valence electrons. The summed E-state index contributed by atoms with van der Waals surface area (Å²) < 4.78 is 19.3. The van der Waals surface area contributed by atoms with Crippen LogP contribution < -0.4 is 10.2 Å². The van der Waals surface area contributed by atoms with E-state index in [2.05, 4.69) is 25.5 Å². The first-order valence-electron chi connectivity index (χ1n) is 8.29. The van der Waals surface area contributed by atoms with E-state index >= 15 is 0 Å². The average molecular weight is 341 g/mol. The van der Waals surface area contributed by atoms with Gasteiger partial charge in [0.1, 0.15) is 6.54 Å². The van der Waals surface area contributed by atoms with E-state index in [4.69, 9.17) is 4.42 Å². The van der Waals surface area contributed by atoms with Crippen LogP contribution >= 0.6 is 0 Å². The van der Waals surface area contributed by atoms with E-state index < -0.39 is 5.82 Å². The minimum Gasteiger partial charge on any atom is -0.448 e. The van der Waals surface area contributed by atoms with E-state index in [-0.39, 0.29) is 17.3 Å². The van der Waals surface area contributed by atoms with E-state index in [1.807, 2.05) is 18.2 Å². The van der Waals surface area contributed by atoms with Crippen molar-refractivity contribution >= 4 is 16.9 Å². The molecule has 0 aliphatic carbocycles. The molecule has 0 spiro atoms. The number of hydrogen-bond acceptors (Lipinski definition) is 2. The molecule has 0 fully saturated rings. The highest BCUT2D eigenvalue weighted by molar-refractivity contribution is 5.98. The molecule has 2 aromatic carbocycles. The molecule has 2 N–H and O–H groups in total. The van der Waals surface area contributed by atoms with Crippen LogP contribution in [0.5, 0.6) is 0 Å². The smallest absolute Gasteiger partial charge is 0.287 e. The van der Waals surface area contributed by atoms with Crippen molar-refractivity contribution in [3.63, 3.8) is 0 Å². The number of rotatable bonds is 5. The Morgan fingerprint density at radius 1 is 1.12 bits per heavy atom. The van der Waals surface area contributed by atoms with Crippen LogP contribution in [0.3, 0.4) is 0 Å². The van der Waals surface area contributed by atoms with Crippen molar-refractivity contribution in [1.29, 1.82) is 0 Å². The maximum Gasteiger partial charge on any atom is 0.287 e. The van der Waals surface area contributed by atoms with Gasteiger partial charge in [-0.05, 0) is 18.6 Å². The fourth-order valence-corrected chi connectivity index (χ4v) is 2.96. The minimum atomic E-state index is -0.459. The van der Waals surface area contributed by atoms with E-state index in [9.17, 15) is 9.18 Å². The average Bonchev–Trinajstić information content (AvgIpc) is 2.92. The van der Waals surface area contributed by atoms with Crippen molar-refractivity contribution in [2.75, 3.05) is 14.1 Å². The number of nitrogens with one attached hydrogen (secondary N) is 2.